The number of amides is 2. The van der Waals surface area contributed by atoms with Gasteiger partial charge in [0.2, 0.25) is 11.8 Å². The van der Waals surface area contributed by atoms with Crippen molar-refractivity contribution in [1.82, 2.24) is 9.88 Å². The van der Waals surface area contributed by atoms with Crippen molar-refractivity contribution in [2.45, 2.75) is 38.2 Å². The molecule has 0 unspecified atom stereocenters. The molecule has 2 heterocycles. The number of likely N-dealkylation sites (tertiary alicyclic amines) is 1. The van der Waals surface area contributed by atoms with E-state index in [0.717, 1.165) is 23.5 Å². The third-order valence-electron chi connectivity index (χ3n) is 4.14. The Kier molecular flexibility index (Phi) is 5.90. The van der Waals surface area contributed by atoms with E-state index in [9.17, 15) is 9.59 Å². The minimum absolute atomic E-state index is 0.0594. The summed E-state index contributed by atoms with van der Waals surface area (Å²) in [7, 11) is 1.63. The Morgan fingerprint density at radius 1 is 1.57 bits per heavy atom. The summed E-state index contributed by atoms with van der Waals surface area (Å²) >= 11 is 1.55. The first kappa shape index (κ1) is 17.6. The molecular formula is C16H23N3O3S. The molecule has 6 nitrogen and oxygen atoms in total. The maximum Gasteiger partial charge on any atom is 0.246 e. The second kappa shape index (κ2) is 7.70. The summed E-state index contributed by atoms with van der Waals surface area (Å²) in [6, 6.07) is 0. The van der Waals surface area contributed by atoms with E-state index in [-0.39, 0.29) is 18.2 Å². The van der Waals surface area contributed by atoms with Crippen LogP contribution in [0.3, 0.4) is 0 Å². The summed E-state index contributed by atoms with van der Waals surface area (Å²) in [5.41, 5.74) is 5.56. The summed E-state index contributed by atoms with van der Waals surface area (Å²) < 4.78 is 5.64. The van der Waals surface area contributed by atoms with E-state index in [1.807, 2.05) is 12.3 Å². The van der Waals surface area contributed by atoms with Crippen molar-refractivity contribution in [3.63, 3.8) is 0 Å². The fourth-order valence-corrected chi connectivity index (χ4v) is 3.41. The van der Waals surface area contributed by atoms with Crippen molar-refractivity contribution in [3.05, 3.63) is 22.2 Å². The van der Waals surface area contributed by atoms with Crippen LogP contribution < -0.4 is 5.73 Å². The number of hydrogen-bond acceptors (Lipinski definition) is 5. The lowest BCUT2D eigenvalue weighted by atomic mass is 9.87. The number of carbonyl (C=O) groups excluding carboxylic acids is 2. The van der Waals surface area contributed by atoms with Gasteiger partial charge >= 0.3 is 0 Å². The van der Waals surface area contributed by atoms with Gasteiger partial charge in [-0.05, 0) is 32.3 Å². The first-order valence-corrected chi connectivity index (χ1v) is 8.55. The number of ether oxygens (including phenoxy) is 1. The van der Waals surface area contributed by atoms with E-state index in [4.69, 9.17) is 10.5 Å². The monoisotopic (exact) mass is 337 g/mol. The molecular weight excluding hydrogens is 314 g/mol. The van der Waals surface area contributed by atoms with Crippen molar-refractivity contribution in [1.29, 1.82) is 0 Å². The molecule has 7 heteroatoms. The Labute approximate surface area is 140 Å². The molecule has 0 radical (unpaired) electrons. The number of aryl methyl sites for hydroxylation is 1. The van der Waals surface area contributed by atoms with Crippen molar-refractivity contribution < 1.29 is 14.3 Å². The molecule has 2 N–H and O–H groups in total. The molecule has 0 bridgehead atoms. The highest BCUT2D eigenvalue weighted by atomic mass is 32.1. The molecule has 0 aromatic carbocycles. The number of carbonyl (C=O) groups is 2. The molecule has 1 aliphatic rings. The second-order valence-electron chi connectivity index (χ2n) is 5.84. The molecule has 1 aliphatic heterocycles. The Morgan fingerprint density at radius 2 is 2.35 bits per heavy atom. The van der Waals surface area contributed by atoms with Gasteiger partial charge in [-0.3, -0.25) is 9.59 Å². The molecule has 23 heavy (non-hydrogen) atoms. The number of nitrogens with zero attached hydrogens (tertiary/aromatic N) is 2. The number of aromatic nitrogens is 1. The predicted octanol–water partition coefficient (Wildman–Crippen LogP) is 1.74. The Hall–Kier alpha value is -1.73. The first-order chi connectivity index (χ1) is 10.9. The van der Waals surface area contributed by atoms with E-state index in [2.05, 4.69) is 4.98 Å². The standard InChI is InChI=1S/C16H23N3O3S/c1-12-18-13(10-23-12)4-5-15(21)19-9-3-7-16(11-19,22-2)8-6-14(17)20/h4-5,10H,3,6-9,11H2,1-2H3,(H2,17,20)/b5-4+/t16-/m1/s1. The van der Waals surface area contributed by atoms with Crippen molar-refractivity contribution in [2.75, 3.05) is 20.2 Å². The van der Waals surface area contributed by atoms with Gasteiger partial charge in [0.05, 0.1) is 16.3 Å². The van der Waals surface area contributed by atoms with Crippen LogP contribution in [0.5, 0.6) is 0 Å². The Bertz CT molecular complexity index is 599. The van der Waals surface area contributed by atoms with Gasteiger partial charge in [-0.2, -0.15) is 0 Å². The van der Waals surface area contributed by atoms with Crippen LogP contribution in [0.15, 0.2) is 11.5 Å². The Morgan fingerprint density at radius 3 is 2.96 bits per heavy atom. The SMILES string of the molecule is CO[C@@]1(CCC(N)=O)CCCN(C(=O)/C=C/c2csc(C)n2)C1. The number of hydrogen-bond donors (Lipinski definition) is 1. The largest absolute Gasteiger partial charge is 0.376 e. The number of primary amides is 1. The first-order valence-electron chi connectivity index (χ1n) is 7.67. The molecule has 1 atom stereocenters. The fraction of sp³-hybridized carbons (Fsp3) is 0.562. The smallest absolute Gasteiger partial charge is 0.246 e. The maximum absolute atomic E-state index is 12.4. The third-order valence-corrected chi connectivity index (χ3v) is 4.94. The van der Waals surface area contributed by atoms with Crippen LogP contribution in [0.4, 0.5) is 0 Å². The van der Waals surface area contributed by atoms with Gasteiger partial charge in [0, 0.05) is 38.1 Å². The summed E-state index contributed by atoms with van der Waals surface area (Å²) in [4.78, 5) is 29.5. The van der Waals surface area contributed by atoms with Gasteiger partial charge in [0.1, 0.15) is 0 Å². The van der Waals surface area contributed by atoms with Crippen molar-refractivity contribution >= 4 is 29.2 Å². The minimum atomic E-state index is -0.478. The molecule has 1 fully saturated rings. The Balaban J connectivity index is 1.99. The quantitative estimate of drug-likeness (QED) is 0.801. The number of methoxy groups -OCH3 is 1. The summed E-state index contributed by atoms with van der Waals surface area (Å²) in [6.45, 7) is 3.11. The highest BCUT2D eigenvalue weighted by Gasteiger charge is 2.36. The number of piperidine rings is 1. The van der Waals surface area contributed by atoms with Crippen LogP contribution in [0.1, 0.15) is 36.4 Å². The fourth-order valence-electron chi connectivity index (χ4n) is 2.83. The van der Waals surface area contributed by atoms with Crippen LogP contribution in [-0.2, 0) is 14.3 Å². The van der Waals surface area contributed by atoms with Gasteiger partial charge < -0.3 is 15.4 Å². The van der Waals surface area contributed by atoms with E-state index in [1.165, 1.54) is 0 Å². The van der Waals surface area contributed by atoms with E-state index in [1.54, 1.807) is 35.5 Å². The van der Waals surface area contributed by atoms with Crippen molar-refractivity contribution in [2.24, 2.45) is 5.73 Å². The van der Waals surface area contributed by atoms with Gasteiger partial charge in [0.25, 0.3) is 0 Å². The van der Waals surface area contributed by atoms with Gasteiger partial charge in [-0.1, -0.05) is 0 Å². The average Bonchev–Trinajstić information content (AvgIpc) is 2.96. The highest BCUT2D eigenvalue weighted by molar-refractivity contribution is 7.09. The van der Waals surface area contributed by atoms with E-state index < -0.39 is 5.60 Å². The topological polar surface area (TPSA) is 85.5 Å². The summed E-state index contributed by atoms with van der Waals surface area (Å²) in [5.74, 6) is -0.403. The third kappa shape index (κ3) is 4.87. The average molecular weight is 337 g/mol. The predicted molar refractivity (Wildman–Crippen MR) is 89.9 cm³/mol. The number of nitrogens with two attached hydrogens (primary N) is 1. The van der Waals surface area contributed by atoms with Crippen LogP contribution in [-0.4, -0.2) is 47.5 Å². The summed E-state index contributed by atoms with van der Waals surface area (Å²) in [5, 5.41) is 2.89. The molecule has 126 valence electrons. The molecule has 2 amide bonds. The lowest BCUT2D eigenvalue weighted by Gasteiger charge is -2.41. The van der Waals surface area contributed by atoms with Crippen LogP contribution in [0.2, 0.25) is 0 Å². The maximum atomic E-state index is 12.4. The van der Waals surface area contributed by atoms with Crippen LogP contribution >= 0.6 is 11.3 Å². The van der Waals surface area contributed by atoms with Gasteiger partial charge in [-0.25, -0.2) is 4.98 Å². The highest BCUT2D eigenvalue weighted by Crippen LogP contribution is 2.29. The van der Waals surface area contributed by atoms with Crippen LogP contribution in [0.25, 0.3) is 6.08 Å². The lowest BCUT2D eigenvalue weighted by molar-refractivity contribution is -0.136. The van der Waals surface area contributed by atoms with Gasteiger partial charge in [-0.15, -0.1) is 11.3 Å². The van der Waals surface area contributed by atoms with Crippen LogP contribution in [0, 0.1) is 6.92 Å². The minimum Gasteiger partial charge on any atom is -0.376 e. The zero-order chi connectivity index (χ0) is 16.9. The lowest BCUT2D eigenvalue weighted by Crippen LogP contribution is -2.51. The normalized spacial score (nSPS) is 21.7. The molecule has 1 saturated heterocycles. The van der Waals surface area contributed by atoms with E-state index in [0.29, 0.717) is 19.5 Å². The molecule has 0 saturated carbocycles. The molecule has 0 spiro atoms. The molecule has 0 aliphatic carbocycles. The van der Waals surface area contributed by atoms with E-state index >= 15 is 0 Å². The zero-order valence-corrected chi connectivity index (χ0v) is 14.4. The van der Waals surface area contributed by atoms with Crippen molar-refractivity contribution in [3.8, 4) is 0 Å². The summed E-state index contributed by atoms with van der Waals surface area (Å²) in [6.07, 6.45) is 5.77. The second-order valence-corrected chi connectivity index (χ2v) is 6.90. The molecule has 1 aromatic heterocycles. The molecule has 2 rings (SSSR count). The van der Waals surface area contributed by atoms with Gasteiger partial charge in [0.15, 0.2) is 0 Å². The zero-order valence-electron chi connectivity index (χ0n) is 13.6. The number of thiazole rings is 1. The number of rotatable bonds is 6. The molecule has 1 aromatic rings.